The van der Waals surface area contributed by atoms with Gasteiger partial charge in [-0.05, 0) is 49.4 Å². The molecule has 0 unspecified atom stereocenters. The molecule has 2 heterocycles. The molecule has 2 aromatic heterocycles. The minimum atomic E-state index is -4.75. The number of amides is 1. The van der Waals surface area contributed by atoms with Gasteiger partial charge in [-0.2, -0.15) is 0 Å². The third-order valence-electron chi connectivity index (χ3n) is 3.97. The van der Waals surface area contributed by atoms with Crippen LogP contribution in [0, 0.1) is 0 Å². The fraction of sp³-hybridized carbons (Fsp3) is 0.150. The zero-order valence-corrected chi connectivity index (χ0v) is 18.0. The molecule has 0 saturated carbocycles. The number of carbonyl (C=O) groups is 1. The van der Waals surface area contributed by atoms with Crippen molar-refractivity contribution in [1.29, 1.82) is 0 Å². The third-order valence-corrected chi connectivity index (χ3v) is 5.66. The number of anilines is 3. The van der Waals surface area contributed by atoms with Crippen LogP contribution in [0.2, 0.25) is 0 Å². The summed E-state index contributed by atoms with van der Waals surface area (Å²) < 4.78 is 46.9. The lowest BCUT2D eigenvalue weighted by Crippen LogP contribution is -2.16. The highest BCUT2D eigenvalue weighted by molar-refractivity contribution is 7.22. The van der Waals surface area contributed by atoms with E-state index in [0.717, 1.165) is 16.0 Å². The van der Waals surface area contributed by atoms with Crippen LogP contribution < -0.4 is 20.1 Å². The monoisotopic (exact) mass is 480 g/mol. The van der Waals surface area contributed by atoms with Gasteiger partial charge in [0.15, 0.2) is 10.3 Å². The van der Waals surface area contributed by atoms with Gasteiger partial charge in [0.1, 0.15) is 17.2 Å². The van der Waals surface area contributed by atoms with Crippen molar-refractivity contribution in [2.45, 2.75) is 13.3 Å². The summed E-state index contributed by atoms with van der Waals surface area (Å²) in [7, 11) is 0. The predicted octanol–water partition coefficient (Wildman–Crippen LogP) is 6.05. The van der Waals surface area contributed by atoms with Gasteiger partial charge in [0.05, 0.1) is 16.8 Å². The average molecular weight is 480 g/mol. The predicted molar refractivity (Wildman–Crippen MR) is 117 cm³/mol. The summed E-state index contributed by atoms with van der Waals surface area (Å²) in [6, 6.07) is 10.7. The first-order valence-electron chi connectivity index (χ1n) is 9.22. The summed E-state index contributed by atoms with van der Waals surface area (Å²) in [6.45, 7) is 2.45. The van der Waals surface area contributed by atoms with Crippen molar-refractivity contribution < 1.29 is 27.4 Å². The van der Waals surface area contributed by atoms with Gasteiger partial charge < -0.3 is 14.8 Å². The van der Waals surface area contributed by atoms with E-state index < -0.39 is 12.3 Å². The van der Waals surface area contributed by atoms with Gasteiger partial charge in [0, 0.05) is 11.1 Å². The van der Waals surface area contributed by atoms with Crippen molar-refractivity contribution >= 4 is 54.7 Å². The number of nitrogens with one attached hydrogen (secondary N) is 2. The number of rotatable bonds is 7. The second kappa shape index (κ2) is 9.01. The highest BCUT2D eigenvalue weighted by atomic mass is 32.1. The molecule has 12 heteroatoms. The number of fused-ring (bicyclic) bond motifs is 1. The van der Waals surface area contributed by atoms with Crippen LogP contribution >= 0.6 is 22.7 Å². The van der Waals surface area contributed by atoms with Crippen LogP contribution in [0.4, 0.5) is 29.1 Å². The van der Waals surface area contributed by atoms with Crippen LogP contribution in [-0.4, -0.2) is 28.8 Å². The molecule has 0 radical (unpaired) electrons. The molecule has 7 nitrogen and oxygen atoms in total. The standard InChI is InChI=1S/C20H15F3N4O3S2/c1-2-29-13-7-8-14-16(9-13)32-19(25-14)27-17(28)15-10-31-18(26-15)24-11-3-5-12(6-4-11)30-20(21,22)23/h3-10H,2H2,1H3,(H,24,26)(H,25,27,28). The second-order valence-electron chi connectivity index (χ2n) is 6.27. The fourth-order valence-corrected chi connectivity index (χ4v) is 4.28. The van der Waals surface area contributed by atoms with Crippen LogP contribution in [0.1, 0.15) is 17.4 Å². The number of hydrogen-bond donors (Lipinski definition) is 2. The Balaban J connectivity index is 1.40. The maximum atomic E-state index is 12.5. The van der Waals surface area contributed by atoms with Gasteiger partial charge in [0.25, 0.3) is 5.91 Å². The summed E-state index contributed by atoms with van der Waals surface area (Å²) in [5.41, 5.74) is 1.42. The lowest BCUT2D eigenvalue weighted by molar-refractivity contribution is -0.274. The first kappa shape index (κ1) is 21.8. The van der Waals surface area contributed by atoms with Crippen molar-refractivity contribution in [1.82, 2.24) is 9.97 Å². The fourth-order valence-electron chi connectivity index (χ4n) is 2.67. The minimum absolute atomic E-state index is 0.184. The summed E-state index contributed by atoms with van der Waals surface area (Å²) in [5, 5.41) is 8.07. The number of thiazole rings is 2. The van der Waals surface area contributed by atoms with E-state index in [-0.39, 0.29) is 11.4 Å². The number of hydrogen-bond acceptors (Lipinski definition) is 8. The van der Waals surface area contributed by atoms with Crippen molar-refractivity contribution in [3.05, 3.63) is 53.5 Å². The Labute approximate surface area is 187 Å². The molecular weight excluding hydrogens is 465 g/mol. The summed E-state index contributed by atoms with van der Waals surface area (Å²) in [4.78, 5) is 21.1. The Hall–Kier alpha value is -3.38. The van der Waals surface area contributed by atoms with E-state index in [0.29, 0.717) is 22.6 Å². The van der Waals surface area contributed by atoms with Gasteiger partial charge >= 0.3 is 6.36 Å². The smallest absolute Gasteiger partial charge is 0.494 e. The van der Waals surface area contributed by atoms with Gasteiger partial charge in [0.2, 0.25) is 0 Å². The van der Waals surface area contributed by atoms with Gasteiger partial charge in [-0.3, -0.25) is 10.1 Å². The molecule has 0 bridgehead atoms. The number of nitrogens with zero attached hydrogens (tertiary/aromatic N) is 2. The van der Waals surface area contributed by atoms with E-state index >= 15 is 0 Å². The number of ether oxygens (including phenoxy) is 2. The minimum Gasteiger partial charge on any atom is -0.494 e. The average Bonchev–Trinajstić information content (AvgIpc) is 3.35. The normalized spacial score (nSPS) is 11.4. The van der Waals surface area contributed by atoms with E-state index in [1.807, 2.05) is 25.1 Å². The van der Waals surface area contributed by atoms with Crippen molar-refractivity contribution in [2.75, 3.05) is 17.2 Å². The number of halogens is 3. The number of aromatic nitrogens is 2. The van der Waals surface area contributed by atoms with E-state index in [4.69, 9.17) is 4.74 Å². The molecule has 166 valence electrons. The SMILES string of the molecule is CCOc1ccc2nc(NC(=O)c3csc(Nc4ccc(OC(F)(F)F)cc4)n3)sc2c1. The maximum Gasteiger partial charge on any atom is 0.573 e. The second-order valence-corrected chi connectivity index (χ2v) is 8.16. The van der Waals surface area contributed by atoms with Gasteiger partial charge in [-0.1, -0.05) is 11.3 Å². The Morgan fingerprint density at radius 3 is 2.53 bits per heavy atom. The van der Waals surface area contributed by atoms with Crippen molar-refractivity contribution in [3.8, 4) is 11.5 Å². The molecule has 0 aliphatic carbocycles. The Kier molecular flexibility index (Phi) is 6.15. The molecule has 0 aliphatic rings. The molecule has 0 fully saturated rings. The van der Waals surface area contributed by atoms with Crippen LogP contribution in [0.25, 0.3) is 10.2 Å². The van der Waals surface area contributed by atoms with E-state index in [9.17, 15) is 18.0 Å². The zero-order chi connectivity index (χ0) is 22.7. The summed E-state index contributed by atoms with van der Waals surface area (Å²) in [5.74, 6) is -0.0199. The Morgan fingerprint density at radius 1 is 1.06 bits per heavy atom. The first-order chi connectivity index (χ1) is 15.3. The maximum absolute atomic E-state index is 12.5. The lowest BCUT2D eigenvalue weighted by atomic mass is 10.3. The molecule has 0 aliphatic heterocycles. The Morgan fingerprint density at radius 2 is 1.81 bits per heavy atom. The molecule has 2 N–H and O–H groups in total. The topological polar surface area (TPSA) is 85.4 Å². The summed E-state index contributed by atoms with van der Waals surface area (Å²) >= 11 is 2.50. The van der Waals surface area contributed by atoms with E-state index in [2.05, 4.69) is 25.3 Å². The van der Waals surface area contributed by atoms with Crippen molar-refractivity contribution in [3.63, 3.8) is 0 Å². The molecule has 0 atom stereocenters. The quantitative estimate of drug-likeness (QED) is 0.335. The van der Waals surface area contributed by atoms with Crippen LogP contribution in [0.15, 0.2) is 47.8 Å². The summed E-state index contributed by atoms with van der Waals surface area (Å²) in [6.07, 6.45) is -4.75. The van der Waals surface area contributed by atoms with Crippen LogP contribution in [0.3, 0.4) is 0 Å². The van der Waals surface area contributed by atoms with Crippen molar-refractivity contribution in [2.24, 2.45) is 0 Å². The molecule has 2 aromatic carbocycles. The van der Waals surface area contributed by atoms with Gasteiger partial charge in [-0.15, -0.1) is 24.5 Å². The number of carbonyl (C=O) groups excluding carboxylic acids is 1. The van der Waals surface area contributed by atoms with E-state index in [1.165, 1.54) is 46.9 Å². The molecule has 1 amide bonds. The Bertz CT molecular complexity index is 1240. The first-order valence-corrected chi connectivity index (χ1v) is 10.9. The lowest BCUT2D eigenvalue weighted by Gasteiger charge is -2.09. The molecule has 4 rings (SSSR count). The number of alkyl halides is 3. The highest BCUT2D eigenvalue weighted by Crippen LogP contribution is 2.30. The zero-order valence-electron chi connectivity index (χ0n) is 16.4. The third kappa shape index (κ3) is 5.45. The molecule has 0 spiro atoms. The molecule has 32 heavy (non-hydrogen) atoms. The molecular formula is C20H15F3N4O3S2. The highest BCUT2D eigenvalue weighted by Gasteiger charge is 2.31. The van der Waals surface area contributed by atoms with E-state index in [1.54, 1.807) is 5.38 Å². The van der Waals surface area contributed by atoms with Crippen LogP contribution in [0.5, 0.6) is 11.5 Å². The molecule has 0 saturated heterocycles. The van der Waals surface area contributed by atoms with Gasteiger partial charge in [-0.25, -0.2) is 9.97 Å². The number of benzene rings is 2. The largest absolute Gasteiger partial charge is 0.573 e. The molecule has 4 aromatic rings. The van der Waals surface area contributed by atoms with Crippen LogP contribution in [-0.2, 0) is 0 Å².